The summed E-state index contributed by atoms with van der Waals surface area (Å²) in [5, 5.41) is 3.16. The molecule has 114 valence electrons. The van der Waals surface area contributed by atoms with Gasteiger partial charge < -0.3 is 5.32 Å². The molecule has 1 aliphatic heterocycles. The third-order valence-corrected chi connectivity index (χ3v) is 3.11. The van der Waals surface area contributed by atoms with Crippen LogP contribution >= 0.6 is 24.8 Å². The molecule has 2 nitrogen and oxygen atoms in total. The largest absolute Gasteiger partial charge is 0.314 e. The van der Waals surface area contributed by atoms with E-state index in [2.05, 4.69) is 11.9 Å². The molecule has 1 aromatic rings. The number of nitrogens with one attached hydrogen (secondary N) is 1. The lowest BCUT2D eigenvalue weighted by atomic mass is 10.0. The second-order valence-electron chi connectivity index (χ2n) is 4.25. The molecule has 0 aliphatic carbocycles. The fourth-order valence-electron chi connectivity index (χ4n) is 2.25. The second kappa shape index (κ2) is 8.52. The lowest BCUT2D eigenvalue weighted by molar-refractivity contribution is 0.197. The van der Waals surface area contributed by atoms with E-state index in [1.165, 1.54) is 6.08 Å². The first kappa shape index (κ1) is 19.2. The number of hydrogen-bond acceptors (Lipinski definition) is 2. The Hall–Kier alpha value is -0.750. The Kier molecular flexibility index (Phi) is 8.20. The summed E-state index contributed by atoms with van der Waals surface area (Å²) >= 11 is 0. The van der Waals surface area contributed by atoms with E-state index >= 15 is 0 Å². The van der Waals surface area contributed by atoms with Crippen LogP contribution in [0.5, 0.6) is 0 Å². The fourth-order valence-corrected chi connectivity index (χ4v) is 2.25. The van der Waals surface area contributed by atoms with Crippen LogP contribution in [0.3, 0.4) is 0 Å². The summed E-state index contributed by atoms with van der Waals surface area (Å²) in [5.41, 5.74) is -0.131. The van der Waals surface area contributed by atoms with Crippen LogP contribution in [0.2, 0.25) is 0 Å². The van der Waals surface area contributed by atoms with Crippen LogP contribution in [0.15, 0.2) is 24.8 Å². The van der Waals surface area contributed by atoms with Gasteiger partial charge in [-0.25, -0.2) is 13.2 Å². The molecule has 2 rings (SSSR count). The smallest absolute Gasteiger partial charge is 0.134 e. The molecule has 7 heteroatoms. The van der Waals surface area contributed by atoms with E-state index in [-0.39, 0.29) is 30.4 Å². The highest BCUT2D eigenvalue weighted by Crippen LogP contribution is 2.28. The van der Waals surface area contributed by atoms with Crippen molar-refractivity contribution in [3.05, 3.63) is 47.8 Å². The summed E-state index contributed by atoms with van der Waals surface area (Å²) in [6.45, 7) is 6.49. The maximum Gasteiger partial charge on any atom is 0.134 e. The summed E-state index contributed by atoms with van der Waals surface area (Å²) < 4.78 is 40.4. The Morgan fingerprint density at radius 2 is 1.60 bits per heavy atom. The summed E-state index contributed by atoms with van der Waals surface area (Å²) in [4.78, 5) is 1.92. The van der Waals surface area contributed by atoms with Crippen LogP contribution in [-0.4, -0.2) is 31.1 Å². The minimum Gasteiger partial charge on any atom is -0.314 e. The Bertz CT molecular complexity index is 428. The molecule has 1 aliphatic rings. The molecule has 0 bridgehead atoms. The Morgan fingerprint density at radius 1 is 1.10 bits per heavy atom. The Balaban J connectivity index is 0.00000180. The molecule has 1 atom stereocenters. The zero-order chi connectivity index (χ0) is 13.1. The second-order valence-corrected chi connectivity index (χ2v) is 4.25. The molecule has 1 fully saturated rings. The molecule has 0 radical (unpaired) electrons. The van der Waals surface area contributed by atoms with E-state index in [9.17, 15) is 13.2 Å². The first-order chi connectivity index (χ1) is 8.63. The topological polar surface area (TPSA) is 15.3 Å². The third kappa shape index (κ3) is 4.12. The number of benzene rings is 1. The van der Waals surface area contributed by atoms with Gasteiger partial charge in [0.05, 0.1) is 6.04 Å². The average molecular weight is 329 g/mol. The number of piperazine rings is 1. The fraction of sp³-hybridized carbons (Fsp3) is 0.385. The van der Waals surface area contributed by atoms with Crippen LogP contribution in [0.25, 0.3) is 0 Å². The molecule has 0 unspecified atom stereocenters. The van der Waals surface area contributed by atoms with Crippen molar-refractivity contribution < 1.29 is 13.2 Å². The minimum atomic E-state index is -0.906. The maximum atomic E-state index is 13.7. The van der Waals surface area contributed by atoms with Gasteiger partial charge in [-0.15, -0.1) is 31.4 Å². The first-order valence-electron chi connectivity index (χ1n) is 5.85. The van der Waals surface area contributed by atoms with Gasteiger partial charge in [-0.3, -0.25) is 4.90 Å². The summed E-state index contributed by atoms with van der Waals surface area (Å²) in [6.07, 6.45) is 1.49. The van der Waals surface area contributed by atoms with Crippen LogP contribution in [0, 0.1) is 17.5 Å². The van der Waals surface area contributed by atoms with Gasteiger partial charge in [0.15, 0.2) is 0 Å². The van der Waals surface area contributed by atoms with Crippen molar-refractivity contribution in [1.82, 2.24) is 10.2 Å². The van der Waals surface area contributed by atoms with Crippen LogP contribution in [0.1, 0.15) is 11.6 Å². The van der Waals surface area contributed by atoms with Crippen molar-refractivity contribution in [3.8, 4) is 0 Å². The van der Waals surface area contributed by atoms with Gasteiger partial charge in [0.25, 0.3) is 0 Å². The van der Waals surface area contributed by atoms with Crippen molar-refractivity contribution in [3.63, 3.8) is 0 Å². The third-order valence-electron chi connectivity index (χ3n) is 3.11. The average Bonchev–Trinajstić information content (AvgIpc) is 2.34. The molecule has 0 aromatic heterocycles. The lowest BCUT2D eigenvalue weighted by Crippen LogP contribution is -2.45. The standard InChI is InChI=1S/C13H15F3N2.2ClH/c1-2-12(18-5-3-17-4-6-18)13-10(15)7-9(14)8-11(13)16;;/h2,7-8,12,17H,1,3-6H2;2*1H/t12-;;/m0../s1. The molecular formula is C13H17Cl2F3N2. The van der Waals surface area contributed by atoms with Crippen molar-refractivity contribution in [1.29, 1.82) is 0 Å². The van der Waals surface area contributed by atoms with Gasteiger partial charge in [-0.05, 0) is 0 Å². The van der Waals surface area contributed by atoms with Gasteiger partial charge in [0.2, 0.25) is 0 Å². The molecule has 0 spiro atoms. The summed E-state index contributed by atoms with van der Waals surface area (Å²) in [6, 6.07) is 0.849. The number of nitrogens with zero attached hydrogens (tertiary/aromatic N) is 1. The van der Waals surface area contributed by atoms with Gasteiger partial charge in [0.1, 0.15) is 17.5 Å². The highest BCUT2D eigenvalue weighted by Gasteiger charge is 2.25. The van der Waals surface area contributed by atoms with E-state index < -0.39 is 23.5 Å². The predicted molar refractivity (Wildman–Crippen MR) is 78.2 cm³/mol. The zero-order valence-electron chi connectivity index (χ0n) is 10.7. The molecule has 1 aromatic carbocycles. The van der Waals surface area contributed by atoms with E-state index in [1.54, 1.807) is 0 Å². The van der Waals surface area contributed by atoms with Gasteiger partial charge >= 0.3 is 0 Å². The van der Waals surface area contributed by atoms with Crippen molar-refractivity contribution in [2.45, 2.75) is 6.04 Å². The highest BCUT2D eigenvalue weighted by molar-refractivity contribution is 5.85. The number of hydrogen-bond donors (Lipinski definition) is 1. The summed E-state index contributed by atoms with van der Waals surface area (Å²) in [5.74, 6) is -2.64. The molecule has 0 amide bonds. The molecular weight excluding hydrogens is 312 g/mol. The van der Waals surface area contributed by atoms with Crippen molar-refractivity contribution in [2.24, 2.45) is 0 Å². The number of halogens is 5. The van der Waals surface area contributed by atoms with E-state index in [4.69, 9.17) is 0 Å². The number of rotatable bonds is 3. The first-order valence-corrected chi connectivity index (χ1v) is 5.85. The Labute approximate surface area is 128 Å². The molecule has 1 heterocycles. The molecule has 1 saturated heterocycles. The summed E-state index contributed by atoms with van der Waals surface area (Å²) in [7, 11) is 0. The Morgan fingerprint density at radius 3 is 2.05 bits per heavy atom. The highest BCUT2D eigenvalue weighted by atomic mass is 35.5. The van der Waals surface area contributed by atoms with Crippen molar-refractivity contribution in [2.75, 3.05) is 26.2 Å². The van der Waals surface area contributed by atoms with Gasteiger partial charge in [-0.1, -0.05) is 6.08 Å². The van der Waals surface area contributed by atoms with E-state index in [0.29, 0.717) is 25.2 Å². The SMILES string of the molecule is C=C[C@@H](c1c(F)cc(F)cc1F)N1CCNCC1.Cl.Cl. The maximum absolute atomic E-state index is 13.7. The minimum absolute atomic E-state index is 0. The van der Waals surface area contributed by atoms with Gasteiger partial charge in [-0.2, -0.15) is 0 Å². The predicted octanol–water partition coefficient (Wildman–Crippen LogP) is 3.08. The molecule has 1 N–H and O–H groups in total. The van der Waals surface area contributed by atoms with Crippen LogP contribution < -0.4 is 5.32 Å². The molecule has 0 saturated carbocycles. The van der Waals surface area contributed by atoms with Crippen molar-refractivity contribution >= 4 is 24.8 Å². The van der Waals surface area contributed by atoms with Crippen LogP contribution in [0.4, 0.5) is 13.2 Å². The van der Waals surface area contributed by atoms with E-state index in [0.717, 1.165) is 13.1 Å². The van der Waals surface area contributed by atoms with E-state index in [1.807, 2.05) is 4.90 Å². The van der Waals surface area contributed by atoms with Gasteiger partial charge in [0, 0.05) is 43.9 Å². The monoisotopic (exact) mass is 328 g/mol. The normalized spacial score (nSPS) is 16.8. The van der Waals surface area contributed by atoms with Crippen LogP contribution in [-0.2, 0) is 0 Å². The zero-order valence-corrected chi connectivity index (χ0v) is 12.4. The lowest BCUT2D eigenvalue weighted by Gasteiger charge is -2.33. The quantitative estimate of drug-likeness (QED) is 0.858. The molecule has 20 heavy (non-hydrogen) atoms.